The first-order valence-electron chi connectivity index (χ1n) is 7.70. The monoisotopic (exact) mass is 536 g/mol. The van der Waals surface area contributed by atoms with E-state index in [9.17, 15) is 18.7 Å². The molecular formula is C17H16Br2F2N4O4. The Kier molecular flexibility index (Phi) is 9.93. The molecule has 0 aliphatic carbocycles. The van der Waals surface area contributed by atoms with E-state index in [2.05, 4.69) is 43.8 Å². The maximum absolute atomic E-state index is 14.5. The number of rotatable bonds is 9. The number of nitrogens with one attached hydrogen (secondary N) is 2. The van der Waals surface area contributed by atoms with Gasteiger partial charge in [0.15, 0.2) is 11.6 Å². The standard InChI is InChI=1S/C17H16Br2F2N4O4/c1-8(12(18)2-9(4-22)5-23)24-16-11(3-13(19)14(20)15(16)21)17(28)25-29-7-10(27)6-26/h2-4,10,24,26-27H,1,6-7,22H2,(H,25,28)/b9-4+,12-2+/t10-/m1/s1. The zero-order valence-electron chi connectivity index (χ0n) is 14.7. The average molecular weight is 538 g/mol. The molecule has 0 saturated carbocycles. The van der Waals surface area contributed by atoms with Crippen LogP contribution in [0.15, 0.2) is 45.1 Å². The number of anilines is 1. The lowest BCUT2D eigenvalue weighted by Gasteiger charge is -2.16. The van der Waals surface area contributed by atoms with Crippen LogP contribution in [0.4, 0.5) is 14.5 Å². The fourth-order valence-corrected chi connectivity index (χ4v) is 2.51. The molecule has 0 bridgehead atoms. The Morgan fingerprint density at radius 3 is 2.69 bits per heavy atom. The molecule has 0 heterocycles. The van der Waals surface area contributed by atoms with Crippen molar-refractivity contribution in [3.63, 3.8) is 0 Å². The zero-order valence-corrected chi connectivity index (χ0v) is 17.9. The van der Waals surface area contributed by atoms with Gasteiger partial charge in [0, 0.05) is 16.4 Å². The summed E-state index contributed by atoms with van der Waals surface area (Å²) in [6, 6.07) is 2.80. The van der Waals surface area contributed by atoms with Gasteiger partial charge < -0.3 is 21.3 Å². The van der Waals surface area contributed by atoms with Crippen molar-refractivity contribution in [2.45, 2.75) is 6.10 Å². The molecule has 1 amide bonds. The molecule has 1 aromatic rings. The maximum atomic E-state index is 14.5. The van der Waals surface area contributed by atoms with Crippen molar-refractivity contribution in [1.29, 1.82) is 5.26 Å². The summed E-state index contributed by atoms with van der Waals surface area (Å²) in [6.45, 7) is 2.61. The first-order chi connectivity index (χ1) is 13.7. The molecule has 0 fully saturated rings. The molecule has 1 aromatic carbocycles. The number of nitriles is 1. The van der Waals surface area contributed by atoms with Gasteiger partial charge in [0.1, 0.15) is 18.8 Å². The molecule has 0 unspecified atom stereocenters. The third-order valence-electron chi connectivity index (χ3n) is 3.21. The molecule has 12 heteroatoms. The first kappa shape index (κ1) is 24.7. The Labute approximate surface area is 181 Å². The second-order valence-corrected chi connectivity index (χ2v) is 7.03. The largest absolute Gasteiger partial charge is 0.404 e. The Hall–Kier alpha value is -2.30. The minimum atomic E-state index is -1.38. The number of benzene rings is 1. The van der Waals surface area contributed by atoms with E-state index in [1.807, 2.05) is 5.48 Å². The number of carbonyl (C=O) groups is 1. The minimum absolute atomic E-state index is 0.00843. The number of amides is 1. The van der Waals surface area contributed by atoms with Crippen molar-refractivity contribution in [2.75, 3.05) is 18.5 Å². The Bertz CT molecular complexity index is 900. The van der Waals surface area contributed by atoms with Crippen LogP contribution >= 0.6 is 31.9 Å². The molecule has 0 saturated heterocycles. The SMILES string of the molecule is C=C(Nc1c(C(=O)NOC[C@H](O)CO)cc(Br)c(F)c1F)/C(Br)=C\C(C#N)=C/N. The van der Waals surface area contributed by atoms with Crippen molar-refractivity contribution in [1.82, 2.24) is 5.48 Å². The van der Waals surface area contributed by atoms with Crippen molar-refractivity contribution in [3.8, 4) is 6.07 Å². The van der Waals surface area contributed by atoms with Crippen LogP contribution in [0.5, 0.6) is 0 Å². The fourth-order valence-electron chi connectivity index (χ4n) is 1.76. The van der Waals surface area contributed by atoms with Gasteiger partial charge in [0.25, 0.3) is 5.91 Å². The normalized spacial score (nSPS) is 12.9. The number of hydrogen-bond donors (Lipinski definition) is 5. The number of nitrogens with two attached hydrogens (primary N) is 1. The lowest BCUT2D eigenvalue weighted by Crippen LogP contribution is -2.30. The number of nitrogens with zero attached hydrogens (tertiary/aromatic N) is 1. The fraction of sp³-hybridized carbons (Fsp3) is 0.176. The van der Waals surface area contributed by atoms with E-state index >= 15 is 0 Å². The van der Waals surface area contributed by atoms with Gasteiger partial charge in [0.2, 0.25) is 0 Å². The summed E-state index contributed by atoms with van der Waals surface area (Å²) in [7, 11) is 0. The number of allylic oxidation sites excluding steroid dienone is 3. The average Bonchev–Trinajstić information content (AvgIpc) is 2.71. The van der Waals surface area contributed by atoms with E-state index in [0.29, 0.717) is 0 Å². The van der Waals surface area contributed by atoms with Gasteiger partial charge in [-0.3, -0.25) is 9.63 Å². The smallest absolute Gasteiger partial charge is 0.277 e. The van der Waals surface area contributed by atoms with E-state index in [1.165, 1.54) is 6.08 Å². The molecule has 1 rings (SSSR count). The summed E-state index contributed by atoms with van der Waals surface area (Å²) >= 11 is 5.93. The molecule has 156 valence electrons. The van der Waals surface area contributed by atoms with Crippen LogP contribution in [-0.2, 0) is 4.84 Å². The summed E-state index contributed by atoms with van der Waals surface area (Å²) in [6.07, 6.45) is 1.07. The van der Waals surface area contributed by atoms with Crippen molar-refractivity contribution >= 4 is 43.5 Å². The lowest BCUT2D eigenvalue weighted by molar-refractivity contribution is -0.0295. The van der Waals surface area contributed by atoms with Gasteiger partial charge in [0.05, 0.1) is 27.9 Å². The Balaban J connectivity index is 3.19. The van der Waals surface area contributed by atoms with E-state index in [4.69, 9.17) is 20.9 Å². The van der Waals surface area contributed by atoms with Gasteiger partial charge in [-0.05, 0) is 44.0 Å². The van der Waals surface area contributed by atoms with Crippen LogP contribution in [0.1, 0.15) is 10.4 Å². The molecule has 0 spiro atoms. The molecule has 0 aromatic heterocycles. The quantitative estimate of drug-likeness (QED) is 0.141. The zero-order chi connectivity index (χ0) is 22.1. The van der Waals surface area contributed by atoms with E-state index < -0.39 is 42.5 Å². The number of hydroxylamine groups is 1. The minimum Gasteiger partial charge on any atom is -0.404 e. The molecule has 1 atom stereocenters. The predicted molar refractivity (Wildman–Crippen MR) is 108 cm³/mol. The summed E-state index contributed by atoms with van der Waals surface area (Å²) in [4.78, 5) is 17.1. The van der Waals surface area contributed by atoms with Crippen LogP contribution in [-0.4, -0.2) is 35.4 Å². The Morgan fingerprint density at radius 1 is 1.48 bits per heavy atom. The van der Waals surface area contributed by atoms with Crippen LogP contribution in [0.25, 0.3) is 0 Å². The number of carbonyl (C=O) groups excluding carboxylic acids is 1. The van der Waals surface area contributed by atoms with Crippen molar-refractivity contribution in [3.05, 3.63) is 62.3 Å². The van der Waals surface area contributed by atoms with Crippen LogP contribution in [0.3, 0.4) is 0 Å². The van der Waals surface area contributed by atoms with Crippen LogP contribution in [0, 0.1) is 23.0 Å². The number of hydrogen-bond acceptors (Lipinski definition) is 7. The number of halogens is 4. The molecule has 0 radical (unpaired) electrons. The highest BCUT2D eigenvalue weighted by molar-refractivity contribution is 9.12. The van der Waals surface area contributed by atoms with Crippen molar-refractivity contribution < 1.29 is 28.6 Å². The molecule has 29 heavy (non-hydrogen) atoms. The second-order valence-electron chi connectivity index (χ2n) is 5.32. The van der Waals surface area contributed by atoms with Gasteiger partial charge >= 0.3 is 0 Å². The molecule has 0 aliphatic heterocycles. The predicted octanol–water partition coefficient (Wildman–Crippen LogP) is 2.31. The molecule has 0 aliphatic rings. The molecular weight excluding hydrogens is 522 g/mol. The van der Waals surface area contributed by atoms with E-state index in [-0.39, 0.29) is 25.8 Å². The van der Waals surface area contributed by atoms with Gasteiger partial charge in [-0.2, -0.15) is 5.26 Å². The highest BCUT2D eigenvalue weighted by Gasteiger charge is 2.23. The third kappa shape index (κ3) is 6.91. The highest BCUT2D eigenvalue weighted by atomic mass is 79.9. The van der Waals surface area contributed by atoms with Gasteiger partial charge in [-0.25, -0.2) is 14.3 Å². The van der Waals surface area contributed by atoms with Crippen molar-refractivity contribution in [2.24, 2.45) is 5.73 Å². The number of aliphatic hydroxyl groups is 2. The highest BCUT2D eigenvalue weighted by Crippen LogP contribution is 2.31. The number of aliphatic hydroxyl groups excluding tert-OH is 2. The summed E-state index contributed by atoms with van der Waals surface area (Å²) in [5.74, 6) is -3.60. The summed E-state index contributed by atoms with van der Waals surface area (Å²) < 4.78 is 28.4. The first-order valence-corrected chi connectivity index (χ1v) is 9.28. The molecule has 8 nitrogen and oxygen atoms in total. The third-order valence-corrected chi connectivity index (χ3v) is 4.50. The topological polar surface area (TPSA) is 141 Å². The second kappa shape index (κ2) is 11.6. The van der Waals surface area contributed by atoms with Crippen LogP contribution in [0.2, 0.25) is 0 Å². The summed E-state index contributed by atoms with van der Waals surface area (Å²) in [5.41, 5.74) is 6.36. The summed E-state index contributed by atoms with van der Waals surface area (Å²) in [5, 5.41) is 29.3. The van der Waals surface area contributed by atoms with Crippen LogP contribution < -0.4 is 16.5 Å². The maximum Gasteiger partial charge on any atom is 0.277 e. The van der Waals surface area contributed by atoms with Gasteiger partial charge in [-0.15, -0.1) is 0 Å². The van der Waals surface area contributed by atoms with E-state index in [1.54, 1.807) is 6.07 Å². The van der Waals surface area contributed by atoms with E-state index in [0.717, 1.165) is 12.3 Å². The molecule has 6 N–H and O–H groups in total. The van der Waals surface area contributed by atoms with Gasteiger partial charge in [-0.1, -0.05) is 6.58 Å². The Morgan fingerprint density at radius 2 is 2.14 bits per heavy atom. The lowest BCUT2D eigenvalue weighted by atomic mass is 10.1.